The first-order chi connectivity index (χ1) is 12.1. The Balaban J connectivity index is 1.78. The number of nitrogens with one attached hydrogen (secondary N) is 1. The second-order valence-electron chi connectivity index (χ2n) is 6.21. The number of para-hydroxylation sites is 1. The van der Waals surface area contributed by atoms with Gasteiger partial charge in [0.05, 0.1) is 6.61 Å². The molecule has 1 fully saturated rings. The van der Waals surface area contributed by atoms with E-state index in [9.17, 15) is 20.4 Å². The van der Waals surface area contributed by atoms with Crippen LogP contribution in [-0.4, -0.2) is 57.7 Å². The highest BCUT2D eigenvalue weighted by Gasteiger charge is 2.43. The first-order valence-electron chi connectivity index (χ1n) is 8.29. The molecule has 0 amide bonds. The molecule has 2 aromatic rings. The molecule has 0 spiro atoms. The van der Waals surface area contributed by atoms with Crippen LogP contribution in [0.5, 0.6) is 0 Å². The number of aliphatic hydroxyl groups excluding tert-OH is 4. The van der Waals surface area contributed by atoms with Gasteiger partial charge in [-0.2, -0.15) is 0 Å². The van der Waals surface area contributed by atoms with Crippen LogP contribution < -0.4 is 5.32 Å². The van der Waals surface area contributed by atoms with E-state index in [0.29, 0.717) is 6.42 Å². The number of aliphatic hydroxyl groups is 4. The quantitative estimate of drug-likeness (QED) is 0.541. The van der Waals surface area contributed by atoms with Gasteiger partial charge in [0.2, 0.25) is 0 Å². The van der Waals surface area contributed by atoms with E-state index in [-0.39, 0.29) is 0 Å². The molecule has 0 radical (unpaired) electrons. The van der Waals surface area contributed by atoms with Gasteiger partial charge in [0.25, 0.3) is 0 Å². The van der Waals surface area contributed by atoms with E-state index in [4.69, 9.17) is 4.74 Å². The van der Waals surface area contributed by atoms with E-state index in [1.807, 2.05) is 54.6 Å². The normalized spacial score (nSPS) is 29.4. The maximum Gasteiger partial charge on any atom is 0.157 e. The van der Waals surface area contributed by atoms with Gasteiger partial charge in [-0.1, -0.05) is 48.5 Å². The fourth-order valence-corrected chi connectivity index (χ4v) is 3.01. The lowest BCUT2D eigenvalue weighted by molar-refractivity contribution is -0.221. The summed E-state index contributed by atoms with van der Waals surface area (Å²) in [5, 5.41) is 42.3. The third-order valence-corrected chi connectivity index (χ3v) is 4.44. The summed E-state index contributed by atoms with van der Waals surface area (Å²) in [5.74, 6) is 0. The summed E-state index contributed by atoms with van der Waals surface area (Å²) < 4.78 is 5.52. The molecule has 5 N–H and O–H groups in total. The Labute approximate surface area is 146 Å². The highest BCUT2D eigenvalue weighted by atomic mass is 16.6. The van der Waals surface area contributed by atoms with Crippen molar-refractivity contribution in [2.45, 2.75) is 37.1 Å². The molecule has 25 heavy (non-hydrogen) atoms. The van der Waals surface area contributed by atoms with Gasteiger partial charge >= 0.3 is 0 Å². The van der Waals surface area contributed by atoms with Crippen molar-refractivity contribution in [1.82, 2.24) is 0 Å². The third-order valence-electron chi connectivity index (χ3n) is 4.44. The van der Waals surface area contributed by atoms with Gasteiger partial charge in [-0.25, -0.2) is 0 Å². The first-order valence-corrected chi connectivity index (χ1v) is 8.29. The molecular formula is C19H23NO5. The minimum atomic E-state index is -1.40. The molecule has 0 saturated carbocycles. The maximum absolute atomic E-state index is 10.2. The number of benzene rings is 2. The average Bonchev–Trinajstić information content (AvgIpc) is 2.64. The molecule has 0 bridgehead atoms. The van der Waals surface area contributed by atoms with E-state index in [1.165, 1.54) is 0 Å². The molecule has 134 valence electrons. The monoisotopic (exact) mass is 345 g/mol. The molecule has 3 rings (SSSR count). The van der Waals surface area contributed by atoms with Gasteiger partial charge in [-0.15, -0.1) is 0 Å². The lowest BCUT2D eigenvalue weighted by Gasteiger charge is -2.40. The van der Waals surface area contributed by atoms with Crippen LogP contribution in [0.15, 0.2) is 54.6 Å². The van der Waals surface area contributed by atoms with Gasteiger partial charge in [-0.05, 0) is 23.6 Å². The fourth-order valence-electron chi connectivity index (χ4n) is 3.01. The zero-order valence-corrected chi connectivity index (χ0v) is 13.7. The molecular weight excluding hydrogens is 322 g/mol. The third kappa shape index (κ3) is 4.00. The van der Waals surface area contributed by atoms with E-state index < -0.39 is 37.3 Å². The van der Waals surface area contributed by atoms with Crippen LogP contribution in [0.25, 0.3) is 0 Å². The Morgan fingerprint density at radius 1 is 0.840 bits per heavy atom. The van der Waals surface area contributed by atoms with Crippen LogP contribution in [0.2, 0.25) is 0 Å². The van der Waals surface area contributed by atoms with Gasteiger partial charge in [0.15, 0.2) is 6.23 Å². The lowest BCUT2D eigenvalue weighted by Crippen LogP contribution is -2.60. The maximum atomic E-state index is 10.2. The van der Waals surface area contributed by atoms with E-state index >= 15 is 0 Å². The Bertz CT molecular complexity index is 679. The molecule has 5 atom stereocenters. The van der Waals surface area contributed by atoms with E-state index in [2.05, 4.69) is 5.32 Å². The van der Waals surface area contributed by atoms with Gasteiger partial charge < -0.3 is 30.5 Å². The van der Waals surface area contributed by atoms with Crippen LogP contribution in [0.1, 0.15) is 11.1 Å². The minimum Gasteiger partial charge on any atom is -0.394 e. The molecule has 1 saturated heterocycles. The Kier molecular flexibility index (Phi) is 5.67. The molecule has 0 unspecified atom stereocenters. The summed E-state index contributed by atoms with van der Waals surface area (Å²) in [7, 11) is 0. The predicted molar refractivity (Wildman–Crippen MR) is 93.1 cm³/mol. The van der Waals surface area contributed by atoms with E-state index in [0.717, 1.165) is 16.8 Å². The molecule has 2 aromatic carbocycles. The van der Waals surface area contributed by atoms with Crippen molar-refractivity contribution in [2.75, 3.05) is 11.9 Å². The summed E-state index contributed by atoms with van der Waals surface area (Å²) in [4.78, 5) is 0. The number of ether oxygens (including phenoxy) is 1. The Hall–Kier alpha value is -1.96. The van der Waals surface area contributed by atoms with Crippen molar-refractivity contribution in [2.24, 2.45) is 0 Å². The van der Waals surface area contributed by atoms with Crippen molar-refractivity contribution >= 4 is 5.69 Å². The van der Waals surface area contributed by atoms with E-state index in [1.54, 1.807) is 0 Å². The second-order valence-corrected chi connectivity index (χ2v) is 6.21. The highest BCUT2D eigenvalue weighted by molar-refractivity contribution is 5.53. The summed E-state index contributed by atoms with van der Waals surface area (Å²) >= 11 is 0. The molecule has 0 aliphatic carbocycles. The summed E-state index contributed by atoms with van der Waals surface area (Å²) in [6, 6.07) is 17.6. The average molecular weight is 345 g/mol. The highest BCUT2D eigenvalue weighted by Crippen LogP contribution is 2.25. The molecule has 1 aliphatic heterocycles. The first kappa shape index (κ1) is 17.8. The Morgan fingerprint density at radius 2 is 1.52 bits per heavy atom. The lowest BCUT2D eigenvalue weighted by atomic mass is 9.97. The zero-order valence-electron chi connectivity index (χ0n) is 13.7. The SMILES string of the molecule is OC[C@H]1O[C@@H](Nc2ccccc2Cc2ccccc2)[C@H](O)[C@@H](O)[C@@H]1O. The number of anilines is 1. The van der Waals surface area contributed by atoms with Crippen molar-refractivity contribution in [3.05, 3.63) is 65.7 Å². The standard InChI is InChI=1S/C19H23NO5/c21-11-15-16(22)17(23)18(24)19(25-15)20-14-9-5-4-8-13(14)10-12-6-2-1-3-7-12/h1-9,15-24H,10-11H2/t15-,16-,17+,18-,19-/m1/s1. The molecule has 6 heteroatoms. The van der Waals surface area contributed by atoms with Crippen LogP contribution in [0.4, 0.5) is 5.69 Å². The number of hydrogen-bond donors (Lipinski definition) is 5. The second kappa shape index (κ2) is 7.95. The summed E-state index contributed by atoms with van der Waals surface area (Å²) in [6.45, 7) is -0.450. The zero-order chi connectivity index (χ0) is 17.8. The number of rotatable bonds is 5. The van der Waals surface area contributed by atoms with Gasteiger partial charge in [0, 0.05) is 5.69 Å². The topological polar surface area (TPSA) is 102 Å². The molecule has 6 nitrogen and oxygen atoms in total. The van der Waals surface area contributed by atoms with Gasteiger partial charge in [-0.3, -0.25) is 0 Å². The van der Waals surface area contributed by atoms with Crippen molar-refractivity contribution in [1.29, 1.82) is 0 Å². The summed E-state index contributed by atoms with van der Waals surface area (Å²) in [6.07, 6.45) is -5.25. The largest absolute Gasteiger partial charge is 0.394 e. The van der Waals surface area contributed by atoms with Gasteiger partial charge in [0.1, 0.15) is 24.4 Å². The van der Waals surface area contributed by atoms with Crippen molar-refractivity contribution in [3.63, 3.8) is 0 Å². The number of hydrogen-bond acceptors (Lipinski definition) is 6. The molecule has 0 aromatic heterocycles. The van der Waals surface area contributed by atoms with Crippen LogP contribution in [-0.2, 0) is 11.2 Å². The van der Waals surface area contributed by atoms with Crippen LogP contribution >= 0.6 is 0 Å². The van der Waals surface area contributed by atoms with Crippen LogP contribution in [0, 0.1) is 0 Å². The fraction of sp³-hybridized carbons (Fsp3) is 0.368. The predicted octanol–water partition coefficient (Wildman–Crippen LogP) is 0.489. The molecule has 1 aliphatic rings. The summed E-state index contributed by atoms with van der Waals surface area (Å²) in [5.41, 5.74) is 2.91. The van der Waals surface area contributed by atoms with Crippen LogP contribution in [0.3, 0.4) is 0 Å². The minimum absolute atomic E-state index is 0.450. The smallest absolute Gasteiger partial charge is 0.157 e. The van der Waals surface area contributed by atoms with Crippen molar-refractivity contribution in [3.8, 4) is 0 Å². The Morgan fingerprint density at radius 3 is 2.24 bits per heavy atom. The van der Waals surface area contributed by atoms with Crippen molar-refractivity contribution < 1.29 is 25.2 Å². The molecule has 1 heterocycles.